The first-order valence-electron chi connectivity index (χ1n) is 6.66. The van der Waals surface area contributed by atoms with Gasteiger partial charge in [-0.15, -0.1) is 0 Å². The first-order valence-corrected chi connectivity index (χ1v) is 8.15. The highest BCUT2D eigenvalue weighted by molar-refractivity contribution is 7.92. The zero-order valence-corrected chi connectivity index (χ0v) is 13.6. The minimum absolute atomic E-state index is 0.0361. The summed E-state index contributed by atoms with van der Waals surface area (Å²) in [7, 11) is -4.07. The standard InChI is InChI=1S/C15H15FN2O4S/c1-9-6-10(2)15(11(3)7-9)23(21,22)17-14-8-12(18(19)20)4-5-13(14)16/h4-8,17H,1-3H3. The van der Waals surface area contributed by atoms with Gasteiger partial charge in [0.25, 0.3) is 15.7 Å². The summed E-state index contributed by atoms with van der Waals surface area (Å²) in [5.74, 6) is -0.887. The molecule has 0 fully saturated rings. The molecule has 0 atom stereocenters. The lowest BCUT2D eigenvalue weighted by Crippen LogP contribution is -2.17. The lowest BCUT2D eigenvalue weighted by atomic mass is 10.1. The van der Waals surface area contributed by atoms with Crippen molar-refractivity contribution >= 4 is 21.4 Å². The largest absolute Gasteiger partial charge is 0.276 e. The van der Waals surface area contributed by atoms with Crippen molar-refractivity contribution < 1.29 is 17.7 Å². The van der Waals surface area contributed by atoms with Crippen molar-refractivity contribution in [2.24, 2.45) is 0 Å². The number of nitro groups is 1. The van der Waals surface area contributed by atoms with E-state index in [1.54, 1.807) is 26.0 Å². The van der Waals surface area contributed by atoms with E-state index in [-0.39, 0.29) is 4.90 Å². The van der Waals surface area contributed by atoms with E-state index in [1.807, 2.05) is 6.92 Å². The maximum atomic E-state index is 13.8. The predicted molar refractivity (Wildman–Crippen MR) is 84.5 cm³/mol. The number of hydrogen-bond donors (Lipinski definition) is 1. The summed E-state index contributed by atoms with van der Waals surface area (Å²) in [6.07, 6.45) is 0. The maximum Gasteiger partial charge on any atom is 0.271 e. The fourth-order valence-corrected chi connectivity index (χ4v) is 4.01. The molecule has 0 saturated carbocycles. The van der Waals surface area contributed by atoms with Crippen LogP contribution in [-0.4, -0.2) is 13.3 Å². The van der Waals surface area contributed by atoms with Crippen LogP contribution in [0.1, 0.15) is 16.7 Å². The van der Waals surface area contributed by atoms with Gasteiger partial charge in [-0.3, -0.25) is 14.8 Å². The highest BCUT2D eigenvalue weighted by atomic mass is 32.2. The van der Waals surface area contributed by atoms with Gasteiger partial charge >= 0.3 is 0 Å². The van der Waals surface area contributed by atoms with Crippen LogP contribution < -0.4 is 4.72 Å². The molecule has 0 amide bonds. The van der Waals surface area contributed by atoms with Crippen LogP contribution in [0.2, 0.25) is 0 Å². The topological polar surface area (TPSA) is 89.3 Å². The Hall–Kier alpha value is -2.48. The molecule has 23 heavy (non-hydrogen) atoms. The zero-order chi connectivity index (χ0) is 17.4. The molecule has 2 aromatic carbocycles. The Morgan fingerprint density at radius 1 is 1.09 bits per heavy atom. The Labute approximate surface area is 133 Å². The lowest BCUT2D eigenvalue weighted by molar-refractivity contribution is -0.384. The van der Waals surface area contributed by atoms with Crippen LogP contribution in [0.25, 0.3) is 0 Å². The molecule has 0 aromatic heterocycles. The van der Waals surface area contributed by atoms with Crippen molar-refractivity contribution in [3.63, 3.8) is 0 Å². The molecule has 8 heteroatoms. The quantitative estimate of drug-likeness (QED) is 0.683. The van der Waals surface area contributed by atoms with E-state index in [0.29, 0.717) is 11.1 Å². The molecule has 0 aliphatic rings. The maximum absolute atomic E-state index is 13.8. The van der Waals surface area contributed by atoms with Crippen molar-refractivity contribution in [1.82, 2.24) is 0 Å². The summed E-state index contributed by atoms with van der Waals surface area (Å²) in [5, 5.41) is 10.8. The van der Waals surface area contributed by atoms with Crippen LogP contribution in [0.4, 0.5) is 15.8 Å². The number of aryl methyl sites for hydroxylation is 3. The molecule has 2 rings (SSSR count). The molecular weight excluding hydrogens is 323 g/mol. The van der Waals surface area contributed by atoms with Gasteiger partial charge in [-0.05, 0) is 38.0 Å². The van der Waals surface area contributed by atoms with E-state index in [4.69, 9.17) is 0 Å². The third-order valence-corrected chi connectivity index (χ3v) is 4.95. The molecule has 122 valence electrons. The highest BCUT2D eigenvalue weighted by Gasteiger charge is 2.22. The second-order valence-corrected chi connectivity index (χ2v) is 6.87. The Morgan fingerprint density at radius 2 is 1.65 bits per heavy atom. The van der Waals surface area contributed by atoms with Crippen LogP contribution in [0.15, 0.2) is 35.2 Å². The van der Waals surface area contributed by atoms with Crippen molar-refractivity contribution in [3.05, 3.63) is 63.0 Å². The number of hydrogen-bond acceptors (Lipinski definition) is 4. The summed E-state index contributed by atoms with van der Waals surface area (Å²) >= 11 is 0. The average molecular weight is 338 g/mol. The van der Waals surface area contributed by atoms with E-state index in [0.717, 1.165) is 23.8 Å². The normalized spacial score (nSPS) is 11.3. The van der Waals surface area contributed by atoms with E-state index >= 15 is 0 Å². The van der Waals surface area contributed by atoms with Crippen molar-refractivity contribution in [2.75, 3.05) is 4.72 Å². The molecule has 2 aromatic rings. The average Bonchev–Trinajstić information content (AvgIpc) is 2.39. The van der Waals surface area contributed by atoms with Crippen molar-refractivity contribution in [1.29, 1.82) is 0 Å². The smallest absolute Gasteiger partial charge is 0.271 e. The third kappa shape index (κ3) is 3.48. The fourth-order valence-electron chi connectivity index (χ4n) is 2.49. The number of nitro benzene ring substituents is 1. The molecule has 1 N–H and O–H groups in total. The predicted octanol–water partition coefficient (Wildman–Crippen LogP) is 3.46. The fraction of sp³-hybridized carbons (Fsp3) is 0.200. The van der Waals surface area contributed by atoms with E-state index < -0.39 is 32.1 Å². The summed E-state index contributed by atoms with van der Waals surface area (Å²) < 4.78 is 41.0. The molecule has 0 unspecified atom stereocenters. The number of benzene rings is 2. The van der Waals surface area contributed by atoms with Gasteiger partial charge in [0.1, 0.15) is 5.82 Å². The molecule has 6 nitrogen and oxygen atoms in total. The molecule has 0 radical (unpaired) electrons. The monoisotopic (exact) mass is 338 g/mol. The number of sulfonamides is 1. The molecule has 0 aliphatic carbocycles. The second-order valence-electron chi connectivity index (χ2n) is 5.25. The summed E-state index contributed by atoms with van der Waals surface area (Å²) in [5.41, 5.74) is 1.07. The third-order valence-electron chi connectivity index (χ3n) is 3.28. The second kappa shape index (κ2) is 5.96. The zero-order valence-electron chi connectivity index (χ0n) is 12.8. The molecule has 0 saturated heterocycles. The minimum Gasteiger partial charge on any atom is -0.276 e. The Balaban J connectivity index is 2.52. The van der Waals surface area contributed by atoms with E-state index in [2.05, 4.69) is 4.72 Å². The lowest BCUT2D eigenvalue weighted by Gasteiger charge is -2.14. The molecule has 0 heterocycles. The van der Waals surface area contributed by atoms with Crippen molar-refractivity contribution in [3.8, 4) is 0 Å². The summed E-state index contributed by atoms with van der Waals surface area (Å²) in [4.78, 5) is 10.1. The molecule has 0 aliphatic heterocycles. The van der Waals surface area contributed by atoms with Gasteiger partial charge in [0.05, 0.1) is 15.5 Å². The van der Waals surface area contributed by atoms with Gasteiger partial charge < -0.3 is 0 Å². The first kappa shape index (κ1) is 16.9. The number of nitrogens with one attached hydrogen (secondary N) is 1. The van der Waals surface area contributed by atoms with Crippen LogP contribution in [0, 0.1) is 36.7 Å². The summed E-state index contributed by atoms with van der Waals surface area (Å²) in [6.45, 7) is 5.11. The van der Waals surface area contributed by atoms with Crippen LogP contribution in [0.5, 0.6) is 0 Å². The number of non-ortho nitro benzene ring substituents is 1. The van der Waals surface area contributed by atoms with Gasteiger partial charge in [-0.1, -0.05) is 17.7 Å². The molecular formula is C15H15FN2O4S. The minimum atomic E-state index is -4.07. The number of halogens is 1. The molecule has 0 bridgehead atoms. The van der Waals surface area contributed by atoms with Gasteiger partial charge in [-0.25, -0.2) is 12.8 Å². The van der Waals surface area contributed by atoms with Gasteiger partial charge in [-0.2, -0.15) is 0 Å². The first-order chi connectivity index (χ1) is 10.6. The van der Waals surface area contributed by atoms with Crippen molar-refractivity contribution in [2.45, 2.75) is 25.7 Å². The van der Waals surface area contributed by atoms with Crippen LogP contribution in [0.3, 0.4) is 0 Å². The van der Waals surface area contributed by atoms with Gasteiger partial charge in [0.2, 0.25) is 0 Å². The Morgan fingerprint density at radius 3 is 2.17 bits per heavy atom. The van der Waals surface area contributed by atoms with Gasteiger partial charge in [0, 0.05) is 12.1 Å². The van der Waals surface area contributed by atoms with Gasteiger partial charge in [0.15, 0.2) is 0 Å². The summed E-state index contributed by atoms with van der Waals surface area (Å²) in [6, 6.07) is 6.07. The van der Waals surface area contributed by atoms with E-state index in [9.17, 15) is 22.9 Å². The Bertz CT molecular complexity index is 871. The Kier molecular flexibility index (Phi) is 4.37. The number of anilines is 1. The number of nitrogens with zero attached hydrogens (tertiary/aromatic N) is 1. The van der Waals surface area contributed by atoms with Crippen LogP contribution >= 0.6 is 0 Å². The molecule has 0 spiro atoms. The SMILES string of the molecule is Cc1cc(C)c(S(=O)(=O)Nc2cc([N+](=O)[O-])ccc2F)c(C)c1. The highest BCUT2D eigenvalue weighted by Crippen LogP contribution is 2.27. The van der Waals surface area contributed by atoms with E-state index in [1.165, 1.54) is 0 Å². The van der Waals surface area contributed by atoms with Crippen LogP contribution in [-0.2, 0) is 10.0 Å². The number of rotatable bonds is 4.